The molecule has 0 bridgehead atoms. The van der Waals surface area contributed by atoms with Crippen LogP contribution in [0.4, 0.5) is 0 Å². The number of hydrogen-bond donors (Lipinski definition) is 1. The molecule has 0 saturated carbocycles. The molecule has 0 fully saturated rings. The quantitative estimate of drug-likeness (QED) is 0.335. The minimum Gasteiger partial charge on any atom is -0.497 e. The Bertz CT molecular complexity index is 902. The average molecular weight is 415 g/mol. The van der Waals surface area contributed by atoms with Gasteiger partial charge in [0.1, 0.15) is 17.8 Å². The van der Waals surface area contributed by atoms with Crippen LogP contribution in [0.25, 0.3) is 21.7 Å². The maximum atomic E-state index is 11.2. The summed E-state index contributed by atoms with van der Waals surface area (Å²) in [5, 5.41) is 7.96. The lowest BCUT2D eigenvalue weighted by atomic mass is 10.1. The molecule has 0 radical (unpaired) electrons. The van der Waals surface area contributed by atoms with Crippen LogP contribution in [0.5, 0.6) is 11.5 Å². The Kier molecular flexibility index (Phi) is 6.33. The van der Waals surface area contributed by atoms with E-state index in [4.69, 9.17) is 14.6 Å². The van der Waals surface area contributed by atoms with Crippen LogP contribution in [-0.2, 0) is 9.59 Å². The lowest BCUT2D eigenvalue weighted by Gasteiger charge is -2.05. The average Bonchev–Trinajstić information content (AvgIpc) is 3.15. The second kappa shape index (κ2) is 8.90. The van der Waals surface area contributed by atoms with Crippen molar-refractivity contribution >= 4 is 35.4 Å². The van der Waals surface area contributed by atoms with E-state index in [0.29, 0.717) is 10.6 Å². The molecule has 6 nitrogen and oxygen atoms in total. The molecule has 28 heavy (non-hydrogen) atoms. The summed E-state index contributed by atoms with van der Waals surface area (Å²) < 4.78 is 10.9. The van der Waals surface area contributed by atoms with E-state index in [1.54, 1.807) is 14.2 Å². The van der Waals surface area contributed by atoms with E-state index in [-0.39, 0.29) is 0 Å². The summed E-state index contributed by atoms with van der Waals surface area (Å²) in [4.78, 5) is 27.8. The topological polar surface area (TPSA) is 85.7 Å². The van der Waals surface area contributed by atoms with Crippen molar-refractivity contribution in [3.8, 4) is 33.2 Å². The van der Waals surface area contributed by atoms with Gasteiger partial charge < -0.3 is 19.4 Å². The summed E-state index contributed by atoms with van der Waals surface area (Å²) in [7, 11) is 3.20. The van der Waals surface area contributed by atoms with Crippen molar-refractivity contribution in [1.82, 2.24) is 4.98 Å². The smallest absolute Gasteiger partial charge is 0.324 e. The number of ether oxygens (including phenoxy) is 2. The number of aldehydes is 1. The summed E-state index contributed by atoms with van der Waals surface area (Å²) in [5.41, 5.74) is 2.51. The van der Waals surface area contributed by atoms with Gasteiger partial charge in [0.25, 0.3) is 0 Å². The predicted octanol–water partition coefficient (Wildman–Crippen LogP) is 4.24. The zero-order valence-electron chi connectivity index (χ0n) is 15.1. The molecule has 0 aliphatic rings. The third kappa shape index (κ3) is 4.35. The van der Waals surface area contributed by atoms with Crippen LogP contribution in [0.15, 0.2) is 52.9 Å². The molecule has 1 aromatic heterocycles. The van der Waals surface area contributed by atoms with Gasteiger partial charge in [0.2, 0.25) is 0 Å². The highest BCUT2D eigenvalue weighted by Crippen LogP contribution is 2.41. The van der Waals surface area contributed by atoms with Crippen molar-refractivity contribution in [2.75, 3.05) is 14.2 Å². The minimum atomic E-state index is -1.20. The SMILES string of the molecule is COc1ccc(-c2nc(SC(C=O)C(=O)O)sc2-c2ccc(OC)cc2)cc1. The standard InChI is InChI=1S/C20H17NO5S2/c1-25-14-7-3-12(4-8-14)17-18(13-5-9-15(26-2)10-6-13)28-20(21-17)27-16(11-22)19(23)24/h3-11,16H,1-2H3,(H,23,24). The Labute approximate surface area is 170 Å². The predicted molar refractivity (Wildman–Crippen MR) is 109 cm³/mol. The fourth-order valence-corrected chi connectivity index (χ4v) is 4.58. The van der Waals surface area contributed by atoms with Gasteiger partial charge >= 0.3 is 5.97 Å². The summed E-state index contributed by atoms with van der Waals surface area (Å²) in [5.74, 6) is 0.277. The van der Waals surface area contributed by atoms with Gasteiger partial charge in [-0.2, -0.15) is 0 Å². The van der Waals surface area contributed by atoms with Crippen LogP contribution in [0.1, 0.15) is 0 Å². The zero-order chi connectivity index (χ0) is 20.1. The molecule has 144 valence electrons. The number of carbonyl (C=O) groups is 2. The molecule has 0 spiro atoms. The van der Waals surface area contributed by atoms with Gasteiger partial charge in [-0.15, -0.1) is 11.3 Å². The van der Waals surface area contributed by atoms with E-state index in [1.165, 1.54) is 11.3 Å². The third-order valence-corrected chi connectivity index (χ3v) is 6.22. The van der Waals surface area contributed by atoms with Crippen LogP contribution < -0.4 is 9.47 Å². The minimum absolute atomic E-state index is 0.411. The number of hydrogen-bond acceptors (Lipinski definition) is 7. The zero-order valence-corrected chi connectivity index (χ0v) is 16.8. The summed E-state index contributed by atoms with van der Waals surface area (Å²) in [6.45, 7) is 0. The van der Waals surface area contributed by atoms with E-state index in [0.717, 1.165) is 45.0 Å². The number of benzene rings is 2. The van der Waals surface area contributed by atoms with Crippen LogP contribution in [0.2, 0.25) is 0 Å². The lowest BCUT2D eigenvalue weighted by Crippen LogP contribution is -2.17. The first-order valence-corrected chi connectivity index (χ1v) is 9.89. The third-order valence-electron chi connectivity index (χ3n) is 3.92. The highest BCUT2D eigenvalue weighted by molar-refractivity contribution is 8.02. The van der Waals surface area contributed by atoms with Gasteiger partial charge in [-0.1, -0.05) is 11.8 Å². The van der Waals surface area contributed by atoms with Crippen molar-refractivity contribution in [1.29, 1.82) is 0 Å². The molecule has 2 aromatic carbocycles. The maximum Gasteiger partial charge on any atom is 0.324 e. The number of carboxylic acid groups (broad SMARTS) is 1. The number of thiazole rings is 1. The molecule has 1 unspecified atom stereocenters. The van der Waals surface area contributed by atoms with Gasteiger partial charge in [0.15, 0.2) is 9.59 Å². The van der Waals surface area contributed by atoms with Crippen molar-refractivity contribution in [3.05, 3.63) is 48.5 Å². The van der Waals surface area contributed by atoms with E-state index in [2.05, 4.69) is 4.98 Å². The molecule has 0 saturated heterocycles. The van der Waals surface area contributed by atoms with Crippen molar-refractivity contribution in [2.45, 2.75) is 9.59 Å². The Morgan fingerprint density at radius 1 is 1.04 bits per heavy atom. The molecule has 1 heterocycles. The fraction of sp³-hybridized carbons (Fsp3) is 0.150. The van der Waals surface area contributed by atoms with Crippen molar-refractivity contribution < 1.29 is 24.2 Å². The Hall–Kier alpha value is -2.84. The molecule has 3 rings (SSSR count). The van der Waals surface area contributed by atoms with Gasteiger partial charge in [0.05, 0.1) is 24.8 Å². The number of thioether (sulfide) groups is 1. The molecule has 1 N–H and O–H groups in total. The summed E-state index contributed by atoms with van der Waals surface area (Å²) in [6, 6.07) is 15.0. The number of methoxy groups -OCH3 is 2. The molecule has 8 heteroatoms. The van der Waals surface area contributed by atoms with E-state index in [9.17, 15) is 9.59 Å². The van der Waals surface area contributed by atoms with Gasteiger partial charge in [0, 0.05) is 5.56 Å². The first kappa shape index (κ1) is 19.9. The molecule has 1 atom stereocenters. The summed E-state index contributed by atoms with van der Waals surface area (Å²) in [6.07, 6.45) is 0.411. The normalized spacial score (nSPS) is 11.6. The largest absolute Gasteiger partial charge is 0.497 e. The monoisotopic (exact) mass is 415 g/mol. The lowest BCUT2D eigenvalue weighted by molar-refractivity contribution is -0.137. The van der Waals surface area contributed by atoms with Gasteiger partial charge in [-0.05, 0) is 54.1 Å². The molecule has 0 amide bonds. The maximum absolute atomic E-state index is 11.2. The Balaban J connectivity index is 2.05. The van der Waals surface area contributed by atoms with E-state index in [1.807, 2.05) is 48.5 Å². The fourth-order valence-electron chi connectivity index (χ4n) is 2.48. The Morgan fingerprint density at radius 2 is 1.57 bits per heavy atom. The highest BCUT2D eigenvalue weighted by atomic mass is 32.2. The van der Waals surface area contributed by atoms with Gasteiger partial charge in [-0.3, -0.25) is 4.79 Å². The van der Waals surface area contributed by atoms with Crippen LogP contribution in [-0.4, -0.2) is 41.8 Å². The van der Waals surface area contributed by atoms with Crippen LogP contribution >= 0.6 is 23.1 Å². The second-order valence-electron chi connectivity index (χ2n) is 5.63. The number of nitrogens with zero attached hydrogens (tertiary/aromatic N) is 1. The number of aliphatic carboxylic acids is 1. The first-order chi connectivity index (χ1) is 13.5. The number of carboxylic acids is 1. The second-order valence-corrected chi connectivity index (χ2v) is 8.02. The molecule has 0 aliphatic heterocycles. The molecular weight excluding hydrogens is 398 g/mol. The molecule has 3 aromatic rings. The number of rotatable bonds is 8. The number of carbonyl (C=O) groups excluding carboxylic acids is 1. The molecule has 0 aliphatic carbocycles. The molecular formula is C20H17NO5S2. The highest BCUT2D eigenvalue weighted by Gasteiger charge is 2.22. The van der Waals surface area contributed by atoms with Crippen LogP contribution in [0, 0.1) is 0 Å². The van der Waals surface area contributed by atoms with Crippen LogP contribution in [0.3, 0.4) is 0 Å². The van der Waals surface area contributed by atoms with Crippen molar-refractivity contribution in [3.63, 3.8) is 0 Å². The Morgan fingerprint density at radius 3 is 2.04 bits per heavy atom. The number of aromatic nitrogens is 1. The van der Waals surface area contributed by atoms with Gasteiger partial charge in [-0.25, -0.2) is 4.98 Å². The van der Waals surface area contributed by atoms with E-state index >= 15 is 0 Å². The van der Waals surface area contributed by atoms with E-state index < -0.39 is 11.2 Å². The summed E-state index contributed by atoms with van der Waals surface area (Å²) >= 11 is 2.28. The first-order valence-electron chi connectivity index (χ1n) is 8.20. The van der Waals surface area contributed by atoms with Crippen molar-refractivity contribution in [2.24, 2.45) is 0 Å².